The van der Waals surface area contributed by atoms with E-state index >= 15 is 0 Å². The van der Waals surface area contributed by atoms with Crippen LogP contribution in [-0.4, -0.2) is 60.9 Å². The van der Waals surface area contributed by atoms with E-state index in [-0.39, 0.29) is 17.8 Å². The molecule has 1 N–H and O–H groups in total. The number of rotatable bonds is 5. The third kappa shape index (κ3) is 4.23. The molecule has 2 aliphatic rings. The van der Waals surface area contributed by atoms with Crippen LogP contribution in [0, 0.1) is 5.82 Å². The maximum atomic E-state index is 13.9. The number of hydrogen-bond donors (Lipinski definition) is 1. The average Bonchev–Trinajstić information content (AvgIpc) is 2.57. The van der Waals surface area contributed by atoms with Gasteiger partial charge >= 0.3 is 0 Å². The van der Waals surface area contributed by atoms with Crippen molar-refractivity contribution in [3.05, 3.63) is 29.6 Å². The molecule has 2 fully saturated rings. The smallest absolute Gasteiger partial charge is 0.236 e. The summed E-state index contributed by atoms with van der Waals surface area (Å²) in [6.07, 6.45) is 2.31. The number of halogens is 1. The standard InChI is InChI=1S/C17H22FN3O3/c18-14-7-13(11-21-6-3-19-10-17(21)23)8-16(9-14)24-15-1-4-20(12-22)5-2-15/h7-9,12,15,19H,1-6,10-11H2. The van der Waals surface area contributed by atoms with Crippen LogP contribution in [0.5, 0.6) is 5.75 Å². The molecule has 2 aliphatic heterocycles. The van der Waals surface area contributed by atoms with Crippen molar-refractivity contribution in [1.29, 1.82) is 0 Å². The first-order valence-corrected chi connectivity index (χ1v) is 8.28. The summed E-state index contributed by atoms with van der Waals surface area (Å²) in [7, 11) is 0. The van der Waals surface area contributed by atoms with Crippen molar-refractivity contribution in [2.45, 2.75) is 25.5 Å². The summed E-state index contributed by atoms with van der Waals surface area (Å²) in [5, 5.41) is 3.02. The molecule has 1 aromatic carbocycles. The molecule has 0 unspecified atom stereocenters. The molecule has 2 amide bonds. The number of carbonyl (C=O) groups is 2. The van der Waals surface area contributed by atoms with Crippen molar-refractivity contribution in [2.24, 2.45) is 0 Å². The molecular weight excluding hydrogens is 313 g/mol. The van der Waals surface area contributed by atoms with E-state index < -0.39 is 0 Å². The van der Waals surface area contributed by atoms with Gasteiger partial charge in [0.2, 0.25) is 12.3 Å². The van der Waals surface area contributed by atoms with E-state index in [1.807, 2.05) is 0 Å². The van der Waals surface area contributed by atoms with Crippen molar-refractivity contribution in [1.82, 2.24) is 15.1 Å². The number of carbonyl (C=O) groups excluding carboxylic acids is 2. The first-order chi connectivity index (χ1) is 11.6. The number of amides is 2. The molecule has 0 spiro atoms. The summed E-state index contributed by atoms with van der Waals surface area (Å²) in [6.45, 7) is 3.40. The molecule has 24 heavy (non-hydrogen) atoms. The number of piperazine rings is 1. The number of nitrogens with zero attached hydrogens (tertiary/aromatic N) is 2. The van der Waals surface area contributed by atoms with E-state index in [4.69, 9.17) is 4.74 Å². The fourth-order valence-corrected chi connectivity index (χ4v) is 3.11. The molecule has 2 saturated heterocycles. The molecule has 1 aromatic rings. The average molecular weight is 335 g/mol. The molecule has 130 valence electrons. The van der Waals surface area contributed by atoms with Gasteiger partial charge in [-0.3, -0.25) is 9.59 Å². The van der Waals surface area contributed by atoms with Crippen LogP contribution in [0.25, 0.3) is 0 Å². The molecule has 6 nitrogen and oxygen atoms in total. The van der Waals surface area contributed by atoms with Crippen LogP contribution in [0.2, 0.25) is 0 Å². The number of ether oxygens (including phenoxy) is 1. The Labute approximate surface area is 140 Å². The van der Waals surface area contributed by atoms with E-state index in [0.717, 1.165) is 31.4 Å². The zero-order valence-corrected chi connectivity index (χ0v) is 13.5. The van der Waals surface area contributed by atoms with Crippen molar-refractivity contribution in [3.8, 4) is 5.75 Å². The second kappa shape index (κ2) is 7.61. The van der Waals surface area contributed by atoms with Crippen molar-refractivity contribution >= 4 is 12.3 Å². The van der Waals surface area contributed by atoms with Crippen LogP contribution >= 0.6 is 0 Å². The minimum absolute atomic E-state index is 0.0170. The van der Waals surface area contributed by atoms with E-state index in [1.54, 1.807) is 15.9 Å². The minimum Gasteiger partial charge on any atom is -0.490 e. The van der Waals surface area contributed by atoms with Gasteiger partial charge in [-0.1, -0.05) is 0 Å². The number of benzene rings is 1. The Kier molecular flexibility index (Phi) is 5.30. The van der Waals surface area contributed by atoms with Gasteiger partial charge in [-0.15, -0.1) is 0 Å². The molecule has 0 aromatic heterocycles. The van der Waals surface area contributed by atoms with Crippen LogP contribution in [0.1, 0.15) is 18.4 Å². The van der Waals surface area contributed by atoms with Gasteiger partial charge < -0.3 is 19.9 Å². The first-order valence-electron chi connectivity index (χ1n) is 8.28. The van der Waals surface area contributed by atoms with E-state index in [1.165, 1.54) is 12.1 Å². The summed E-state index contributed by atoms with van der Waals surface area (Å²) >= 11 is 0. The zero-order valence-electron chi connectivity index (χ0n) is 13.5. The topological polar surface area (TPSA) is 61.9 Å². The maximum Gasteiger partial charge on any atom is 0.236 e. The highest BCUT2D eigenvalue weighted by molar-refractivity contribution is 5.79. The summed E-state index contributed by atoms with van der Waals surface area (Å²) in [5.74, 6) is 0.141. The molecule has 7 heteroatoms. The summed E-state index contributed by atoms with van der Waals surface area (Å²) in [5.41, 5.74) is 0.727. The SMILES string of the molecule is O=CN1CCC(Oc2cc(F)cc(CN3CCNCC3=O)c2)CC1. The van der Waals surface area contributed by atoms with E-state index in [9.17, 15) is 14.0 Å². The molecule has 0 saturated carbocycles. The lowest BCUT2D eigenvalue weighted by Gasteiger charge is -2.30. The molecule has 2 heterocycles. The predicted octanol–water partition coefficient (Wildman–Crippen LogP) is 0.757. The highest BCUT2D eigenvalue weighted by Gasteiger charge is 2.21. The molecule has 0 aliphatic carbocycles. The highest BCUT2D eigenvalue weighted by Crippen LogP contribution is 2.22. The fourth-order valence-electron chi connectivity index (χ4n) is 3.11. The van der Waals surface area contributed by atoms with Gasteiger partial charge in [0.05, 0.1) is 6.54 Å². The Hall–Kier alpha value is -2.15. The van der Waals surface area contributed by atoms with Gasteiger partial charge in [-0.2, -0.15) is 0 Å². The van der Waals surface area contributed by atoms with E-state index in [0.29, 0.717) is 38.5 Å². The summed E-state index contributed by atoms with van der Waals surface area (Å²) in [6, 6.07) is 4.61. The Morgan fingerprint density at radius 1 is 1.25 bits per heavy atom. The Morgan fingerprint density at radius 2 is 2.04 bits per heavy atom. The fraction of sp³-hybridized carbons (Fsp3) is 0.529. The van der Waals surface area contributed by atoms with Gasteiger partial charge in [0.15, 0.2) is 0 Å². The number of piperidine rings is 1. The van der Waals surface area contributed by atoms with Gasteiger partial charge in [0.25, 0.3) is 0 Å². The summed E-state index contributed by atoms with van der Waals surface area (Å²) < 4.78 is 19.8. The number of nitrogens with one attached hydrogen (secondary N) is 1. The monoisotopic (exact) mass is 335 g/mol. The lowest BCUT2D eigenvalue weighted by molar-refractivity contribution is -0.132. The van der Waals surface area contributed by atoms with Crippen molar-refractivity contribution < 1.29 is 18.7 Å². The molecule has 0 bridgehead atoms. The number of hydrogen-bond acceptors (Lipinski definition) is 4. The van der Waals surface area contributed by atoms with Crippen LogP contribution in [0.3, 0.4) is 0 Å². The molecular formula is C17H22FN3O3. The lowest BCUT2D eigenvalue weighted by Crippen LogP contribution is -2.47. The molecule has 3 rings (SSSR count). The largest absolute Gasteiger partial charge is 0.490 e. The lowest BCUT2D eigenvalue weighted by atomic mass is 10.1. The summed E-state index contributed by atoms with van der Waals surface area (Å²) in [4.78, 5) is 26.0. The van der Waals surface area contributed by atoms with Crippen LogP contribution < -0.4 is 10.1 Å². The van der Waals surface area contributed by atoms with Crippen molar-refractivity contribution in [3.63, 3.8) is 0 Å². The Balaban J connectivity index is 1.63. The number of likely N-dealkylation sites (tertiary alicyclic amines) is 1. The Bertz CT molecular complexity index is 603. The van der Waals surface area contributed by atoms with Crippen LogP contribution in [0.15, 0.2) is 18.2 Å². The quantitative estimate of drug-likeness (QED) is 0.807. The van der Waals surface area contributed by atoms with Gasteiger partial charge in [-0.25, -0.2) is 4.39 Å². The first kappa shape index (κ1) is 16.7. The maximum absolute atomic E-state index is 13.9. The second-order valence-corrected chi connectivity index (χ2v) is 6.25. The van der Waals surface area contributed by atoms with Gasteiger partial charge in [0, 0.05) is 51.6 Å². The second-order valence-electron chi connectivity index (χ2n) is 6.25. The predicted molar refractivity (Wildman–Crippen MR) is 86.0 cm³/mol. The normalized spacial score (nSPS) is 19.5. The zero-order chi connectivity index (χ0) is 16.9. The minimum atomic E-state index is -0.365. The van der Waals surface area contributed by atoms with Gasteiger partial charge in [0.1, 0.15) is 17.7 Å². The Morgan fingerprint density at radius 3 is 2.75 bits per heavy atom. The third-order valence-electron chi connectivity index (χ3n) is 4.42. The third-order valence-corrected chi connectivity index (χ3v) is 4.42. The van der Waals surface area contributed by atoms with Crippen molar-refractivity contribution in [2.75, 3.05) is 32.7 Å². The molecule has 0 atom stereocenters. The molecule has 0 radical (unpaired) electrons. The van der Waals surface area contributed by atoms with E-state index in [2.05, 4.69) is 5.32 Å². The van der Waals surface area contributed by atoms with Crippen LogP contribution in [-0.2, 0) is 16.1 Å². The highest BCUT2D eigenvalue weighted by atomic mass is 19.1. The van der Waals surface area contributed by atoms with Gasteiger partial charge in [-0.05, 0) is 17.7 Å². The van der Waals surface area contributed by atoms with Crippen LogP contribution in [0.4, 0.5) is 4.39 Å².